The number of carbonyl (C=O) groups is 1. The van der Waals surface area contributed by atoms with E-state index < -0.39 is 0 Å². The van der Waals surface area contributed by atoms with E-state index in [4.69, 9.17) is 4.74 Å². The van der Waals surface area contributed by atoms with E-state index in [1.165, 1.54) is 5.56 Å². The Hall–Kier alpha value is -1.39. The average Bonchev–Trinajstić information content (AvgIpc) is 2.80. The Morgan fingerprint density at radius 2 is 2.05 bits per heavy atom. The van der Waals surface area contributed by atoms with Crippen molar-refractivity contribution in [3.05, 3.63) is 35.9 Å². The molecule has 0 aliphatic carbocycles. The van der Waals surface area contributed by atoms with E-state index in [-0.39, 0.29) is 24.0 Å². The number of rotatable bonds is 4. The zero-order chi connectivity index (χ0) is 14.8. The molecule has 4 heteroatoms. The second kappa shape index (κ2) is 6.16. The quantitative estimate of drug-likeness (QED) is 0.840. The van der Waals surface area contributed by atoms with Crippen LogP contribution < -0.4 is 0 Å². The number of nitrogens with zero attached hydrogens (tertiary/aromatic N) is 2. The highest BCUT2D eigenvalue weighted by Gasteiger charge is 2.44. The highest BCUT2D eigenvalue weighted by atomic mass is 16.5. The van der Waals surface area contributed by atoms with Crippen LogP contribution in [0.25, 0.3) is 0 Å². The summed E-state index contributed by atoms with van der Waals surface area (Å²) >= 11 is 0. The van der Waals surface area contributed by atoms with Crippen molar-refractivity contribution in [2.45, 2.75) is 25.0 Å². The first-order valence-electron chi connectivity index (χ1n) is 7.76. The minimum Gasteiger partial charge on any atom is -0.371 e. The summed E-state index contributed by atoms with van der Waals surface area (Å²) in [5.41, 5.74) is 1.37. The van der Waals surface area contributed by atoms with Crippen LogP contribution in [-0.2, 0) is 16.0 Å². The van der Waals surface area contributed by atoms with Crippen molar-refractivity contribution in [2.24, 2.45) is 5.92 Å². The van der Waals surface area contributed by atoms with Crippen LogP contribution in [0.3, 0.4) is 0 Å². The summed E-state index contributed by atoms with van der Waals surface area (Å²) in [6.07, 6.45) is 2.25. The topological polar surface area (TPSA) is 32.8 Å². The molecule has 0 N–H and O–H groups in total. The maximum Gasteiger partial charge on any atom is 0.227 e. The van der Waals surface area contributed by atoms with Gasteiger partial charge in [-0.3, -0.25) is 9.69 Å². The minimum atomic E-state index is 0.0479. The monoisotopic (exact) mass is 288 g/mol. The third-order valence-electron chi connectivity index (χ3n) is 4.55. The maximum absolute atomic E-state index is 12.2. The van der Waals surface area contributed by atoms with Crippen molar-refractivity contribution < 1.29 is 9.53 Å². The fraction of sp³-hybridized carbons (Fsp3) is 0.588. The molecule has 21 heavy (non-hydrogen) atoms. The zero-order valence-corrected chi connectivity index (χ0v) is 12.9. The number of hydrogen-bond acceptors (Lipinski definition) is 3. The molecule has 0 spiro atoms. The maximum atomic E-state index is 12.2. The largest absolute Gasteiger partial charge is 0.371 e. The van der Waals surface area contributed by atoms with Gasteiger partial charge in [-0.1, -0.05) is 30.3 Å². The highest BCUT2D eigenvalue weighted by molar-refractivity contribution is 5.79. The molecule has 1 aromatic rings. The van der Waals surface area contributed by atoms with Crippen LogP contribution in [0, 0.1) is 5.92 Å². The van der Waals surface area contributed by atoms with Crippen LogP contribution in [0.1, 0.15) is 12.0 Å². The molecular weight excluding hydrogens is 264 g/mol. The van der Waals surface area contributed by atoms with Gasteiger partial charge in [0.25, 0.3) is 0 Å². The molecule has 0 aromatic heterocycles. The first kappa shape index (κ1) is 14.5. The summed E-state index contributed by atoms with van der Waals surface area (Å²) in [5, 5.41) is 0. The second-order valence-corrected chi connectivity index (χ2v) is 6.37. The molecule has 2 bridgehead atoms. The molecule has 1 amide bonds. The summed E-state index contributed by atoms with van der Waals surface area (Å²) in [4.78, 5) is 16.4. The normalized spacial score (nSPS) is 28.6. The van der Waals surface area contributed by atoms with Gasteiger partial charge in [0.15, 0.2) is 0 Å². The molecular formula is C17H24N2O2. The third kappa shape index (κ3) is 3.27. The number of amides is 1. The molecule has 2 fully saturated rings. The van der Waals surface area contributed by atoms with E-state index in [0.717, 1.165) is 32.5 Å². The molecule has 3 atom stereocenters. The van der Waals surface area contributed by atoms with Gasteiger partial charge in [-0.05, 0) is 18.4 Å². The Labute approximate surface area is 126 Å². The van der Waals surface area contributed by atoms with E-state index in [1.54, 1.807) is 4.90 Å². The Morgan fingerprint density at radius 1 is 1.29 bits per heavy atom. The molecule has 114 valence electrons. The summed E-state index contributed by atoms with van der Waals surface area (Å²) in [6, 6.07) is 10.6. The van der Waals surface area contributed by atoms with Gasteiger partial charge in [-0.15, -0.1) is 0 Å². The molecule has 0 radical (unpaired) electrons. The minimum absolute atomic E-state index is 0.0479. The smallest absolute Gasteiger partial charge is 0.227 e. The van der Waals surface area contributed by atoms with Gasteiger partial charge < -0.3 is 9.64 Å². The number of likely N-dealkylation sites (tertiary alicyclic amines) is 1. The van der Waals surface area contributed by atoms with Crippen molar-refractivity contribution in [3.63, 3.8) is 0 Å². The van der Waals surface area contributed by atoms with Crippen LogP contribution in [0.4, 0.5) is 0 Å². The predicted molar refractivity (Wildman–Crippen MR) is 82.0 cm³/mol. The third-order valence-corrected chi connectivity index (χ3v) is 4.55. The Morgan fingerprint density at radius 3 is 2.76 bits per heavy atom. The molecule has 0 unspecified atom stereocenters. The number of ether oxygens (including phenoxy) is 1. The van der Waals surface area contributed by atoms with Crippen LogP contribution >= 0.6 is 0 Å². The van der Waals surface area contributed by atoms with E-state index in [1.807, 2.05) is 14.1 Å². The van der Waals surface area contributed by atoms with Crippen molar-refractivity contribution in [1.29, 1.82) is 0 Å². The summed E-state index contributed by atoms with van der Waals surface area (Å²) < 4.78 is 5.97. The van der Waals surface area contributed by atoms with Gasteiger partial charge in [0.05, 0.1) is 18.1 Å². The average molecular weight is 288 g/mol. The lowest BCUT2D eigenvalue weighted by atomic mass is 9.99. The number of fused-ring (bicyclic) bond motifs is 2. The van der Waals surface area contributed by atoms with Crippen molar-refractivity contribution in [3.8, 4) is 0 Å². The first-order valence-corrected chi connectivity index (χ1v) is 7.76. The van der Waals surface area contributed by atoms with Crippen LogP contribution in [0.15, 0.2) is 30.3 Å². The van der Waals surface area contributed by atoms with Gasteiger partial charge in [0.1, 0.15) is 0 Å². The highest BCUT2D eigenvalue weighted by Crippen LogP contribution is 2.32. The fourth-order valence-electron chi connectivity index (χ4n) is 3.44. The summed E-state index contributed by atoms with van der Waals surface area (Å²) in [5.74, 6) is 0.263. The Kier molecular flexibility index (Phi) is 4.27. The summed E-state index contributed by atoms with van der Waals surface area (Å²) in [6.45, 7) is 2.89. The van der Waals surface area contributed by atoms with Crippen molar-refractivity contribution >= 4 is 5.91 Å². The van der Waals surface area contributed by atoms with Gasteiger partial charge in [-0.25, -0.2) is 0 Å². The molecule has 2 aliphatic rings. The lowest BCUT2D eigenvalue weighted by Crippen LogP contribution is -2.45. The van der Waals surface area contributed by atoms with E-state index in [0.29, 0.717) is 0 Å². The lowest BCUT2D eigenvalue weighted by molar-refractivity contribution is -0.135. The molecule has 0 saturated carbocycles. The van der Waals surface area contributed by atoms with Crippen molar-refractivity contribution in [2.75, 3.05) is 33.7 Å². The Bertz CT molecular complexity index is 489. The van der Waals surface area contributed by atoms with Gasteiger partial charge in [-0.2, -0.15) is 0 Å². The van der Waals surface area contributed by atoms with Gasteiger partial charge >= 0.3 is 0 Å². The summed E-state index contributed by atoms with van der Waals surface area (Å²) in [7, 11) is 3.66. The van der Waals surface area contributed by atoms with Crippen LogP contribution in [0.5, 0.6) is 0 Å². The van der Waals surface area contributed by atoms with Gasteiger partial charge in [0.2, 0.25) is 5.91 Å². The number of benzene rings is 1. The Balaban J connectivity index is 1.56. The van der Waals surface area contributed by atoms with E-state index in [2.05, 4.69) is 35.2 Å². The zero-order valence-electron chi connectivity index (χ0n) is 12.9. The molecule has 3 rings (SSSR count). The standard InChI is InChI=1S/C17H24N2O2/c1-18(2)17(20)15-10-14-11-19(12-16(15)21-14)9-8-13-6-4-3-5-7-13/h3-7,14-16H,8-12H2,1-2H3/t14-,15+,16-/m0/s1. The molecule has 4 nitrogen and oxygen atoms in total. The number of carbonyl (C=O) groups excluding carboxylic acids is 1. The molecule has 2 saturated heterocycles. The molecule has 2 aliphatic heterocycles. The lowest BCUT2D eigenvalue weighted by Gasteiger charge is -2.33. The van der Waals surface area contributed by atoms with E-state index in [9.17, 15) is 4.79 Å². The SMILES string of the molecule is CN(C)C(=O)[C@@H]1C[C@H]2CN(CCc3ccccc3)C[C@@H]1O2. The first-order chi connectivity index (χ1) is 10.1. The van der Waals surface area contributed by atoms with E-state index >= 15 is 0 Å². The second-order valence-electron chi connectivity index (χ2n) is 6.37. The predicted octanol–water partition coefficient (Wildman–Crippen LogP) is 1.41. The number of hydrogen-bond donors (Lipinski definition) is 0. The fourth-order valence-corrected chi connectivity index (χ4v) is 3.44. The van der Waals surface area contributed by atoms with Crippen LogP contribution in [0.2, 0.25) is 0 Å². The van der Waals surface area contributed by atoms with Gasteiger partial charge in [0, 0.05) is 33.7 Å². The molecule has 1 aromatic carbocycles. The number of morpholine rings is 1. The van der Waals surface area contributed by atoms with Crippen molar-refractivity contribution in [1.82, 2.24) is 9.80 Å². The van der Waals surface area contributed by atoms with Crippen LogP contribution in [-0.4, -0.2) is 61.6 Å². The molecule has 2 heterocycles.